The number of aromatic nitrogens is 2. The molecule has 1 atom stereocenters. The van der Waals surface area contributed by atoms with Crippen molar-refractivity contribution in [3.63, 3.8) is 0 Å². The number of benzene rings is 1. The maximum Gasteiger partial charge on any atom is 0.273 e. The summed E-state index contributed by atoms with van der Waals surface area (Å²) in [5.41, 5.74) is 0.671. The van der Waals surface area contributed by atoms with Crippen LogP contribution in [0.2, 0.25) is 5.02 Å². The minimum Gasteiger partial charge on any atom is -0.463 e. The van der Waals surface area contributed by atoms with Crippen LogP contribution in [0.4, 0.5) is 0 Å². The summed E-state index contributed by atoms with van der Waals surface area (Å²) in [7, 11) is 0. The first-order valence-electron chi connectivity index (χ1n) is 11.9. The highest BCUT2D eigenvalue weighted by Crippen LogP contribution is 2.33. The number of carbonyl (C=O) groups excluding carboxylic acids is 2. The predicted molar refractivity (Wildman–Crippen MR) is 129 cm³/mol. The molecule has 2 aliphatic rings. The number of rotatable bonds is 5. The van der Waals surface area contributed by atoms with Crippen LogP contribution in [0.1, 0.15) is 61.5 Å². The number of hydrogen-bond acceptors (Lipinski definition) is 4. The van der Waals surface area contributed by atoms with Gasteiger partial charge in [0.25, 0.3) is 5.91 Å². The lowest BCUT2D eigenvalue weighted by Gasteiger charge is -2.44. The molecule has 1 aromatic carbocycles. The van der Waals surface area contributed by atoms with Crippen LogP contribution in [0.3, 0.4) is 0 Å². The van der Waals surface area contributed by atoms with Crippen molar-refractivity contribution in [3.8, 4) is 11.5 Å². The molecule has 0 saturated heterocycles. The zero-order valence-electron chi connectivity index (χ0n) is 19.3. The van der Waals surface area contributed by atoms with Gasteiger partial charge < -0.3 is 14.6 Å². The molecule has 0 radical (unpaired) electrons. The van der Waals surface area contributed by atoms with Crippen molar-refractivity contribution in [3.05, 3.63) is 65.0 Å². The molecule has 0 unspecified atom stereocenters. The Hall–Kier alpha value is -3.06. The predicted octanol–water partition coefficient (Wildman–Crippen LogP) is 5.05. The van der Waals surface area contributed by atoms with Crippen LogP contribution in [0.25, 0.3) is 11.5 Å². The minimum absolute atomic E-state index is 0.127. The maximum atomic E-state index is 13.8. The van der Waals surface area contributed by atoms with Crippen molar-refractivity contribution in [2.45, 2.75) is 70.1 Å². The van der Waals surface area contributed by atoms with E-state index in [1.807, 2.05) is 25.1 Å². The summed E-state index contributed by atoms with van der Waals surface area (Å²) in [6.45, 7) is 2.30. The highest BCUT2D eigenvalue weighted by molar-refractivity contribution is 6.31. The van der Waals surface area contributed by atoms with Crippen LogP contribution in [0.15, 0.2) is 53.1 Å². The number of nitrogens with one attached hydrogen (secondary N) is 1. The fourth-order valence-electron chi connectivity index (χ4n) is 5.00. The molecule has 8 heteroatoms. The van der Waals surface area contributed by atoms with E-state index in [0.717, 1.165) is 31.2 Å². The number of halogens is 1. The highest BCUT2D eigenvalue weighted by Gasteiger charge is 2.48. The summed E-state index contributed by atoms with van der Waals surface area (Å²) in [6.07, 6.45) is 8.13. The normalized spacial score (nSPS) is 21.2. The zero-order valence-corrected chi connectivity index (χ0v) is 20.1. The second-order valence-corrected chi connectivity index (χ2v) is 9.88. The number of furan rings is 1. The smallest absolute Gasteiger partial charge is 0.273 e. The summed E-state index contributed by atoms with van der Waals surface area (Å²) in [5.74, 6) is 0.174. The van der Waals surface area contributed by atoms with Crippen molar-refractivity contribution in [2.24, 2.45) is 0 Å². The van der Waals surface area contributed by atoms with Crippen LogP contribution in [0, 0.1) is 0 Å². The van der Waals surface area contributed by atoms with E-state index in [2.05, 4.69) is 10.4 Å². The minimum atomic E-state index is -1.12. The van der Waals surface area contributed by atoms with Gasteiger partial charge in [0.15, 0.2) is 5.76 Å². The van der Waals surface area contributed by atoms with Crippen molar-refractivity contribution in [1.82, 2.24) is 20.0 Å². The van der Waals surface area contributed by atoms with E-state index in [1.54, 1.807) is 40.1 Å². The molecule has 0 bridgehead atoms. The van der Waals surface area contributed by atoms with Gasteiger partial charge in [-0.25, -0.2) is 0 Å². The molecule has 1 aliphatic heterocycles. The molecule has 34 heavy (non-hydrogen) atoms. The number of amides is 2. The average molecular weight is 481 g/mol. The first-order chi connectivity index (χ1) is 16.5. The third kappa shape index (κ3) is 4.25. The number of hydrogen-bond donors (Lipinski definition) is 1. The van der Waals surface area contributed by atoms with Crippen molar-refractivity contribution in [1.29, 1.82) is 0 Å². The number of nitrogens with zero attached hydrogens (tertiary/aromatic N) is 3. The largest absolute Gasteiger partial charge is 0.463 e. The SMILES string of the molecule is C[C@]1(C(=O)NC2CCCCCC2)Cn2nc(-c3ccco3)cc2C(=O)N1Cc1ccccc1Cl. The Bertz CT molecular complexity index is 1180. The van der Waals surface area contributed by atoms with Crippen molar-refractivity contribution in [2.75, 3.05) is 0 Å². The zero-order chi connectivity index (χ0) is 23.7. The molecular formula is C26H29ClN4O3. The van der Waals surface area contributed by atoms with Gasteiger partial charge in [-0.3, -0.25) is 14.3 Å². The summed E-state index contributed by atoms with van der Waals surface area (Å²) in [4.78, 5) is 29.2. The quantitative estimate of drug-likeness (QED) is 0.518. The molecule has 1 fully saturated rings. The van der Waals surface area contributed by atoms with Crippen LogP contribution < -0.4 is 5.32 Å². The third-order valence-corrected chi connectivity index (χ3v) is 7.41. The number of fused-ring (bicyclic) bond motifs is 1. The lowest BCUT2D eigenvalue weighted by Crippen LogP contribution is -2.64. The molecule has 1 N–H and O–H groups in total. The Morgan fingerprint density at radius 2 is 1.94 bits per heavy atom. The van der Waals surface area contributed by atoms with Crippen LogP contribution in [-0.2, 0) is 17.9 Å². The Balaban J connectivity index is 1.50. The summed E-state index contributed by atoms with van der Waals surface area (Å²) in [6, 6.07) is 12.9. The average Bonchev–Trinajstić information content (AvgIpc) is 3.43. The van der Waals surface area contributed by atoms with Crippen LogP contribution >= 0.6 is 11.6 Å². The lowest BCUT2D eigenvalue weighted by atomic mass is 9.93. The maximum absolute atomic E-state index is 13.8. The van der Waals surface area contributed by atoms with Gasteiger partial charge in [-0.2, -0.15) is 5.10 Å². The Kier molecular flexibility index (Phi) is 6.21. The van der Waals surface area contributed by atoms with Crippen molar-refractivity contribution < 1.29 is 14.0 Å². The molecule has 2 amide bonds. The van der Waals surface area contributed by atoms with Gasteiger partial charge in [0, 0.05) is 23.7 Å². The molecule has 7 nitrogen and oxygen atoms in total. The second-order valence-electron chi connectivity index (χ2n) is 9.47. The second kappa shape index (κ2) is 9.29. The molecule has 2 aromatic heterocycles. The third-order valence-electron chi connectivity index (χ3n) is 7.04. The molecule has 1 saturated carbocycles. The fraction of sp³-hybridized carbons (Fsp3) is 0.423. The molecule has 3 heterocycles. The summed E-state index contributed by atoms with van der Waals surface area (Å²) in [5, 5.41) is 8.44. The van der Waals surface area contributed by atoms with E-state index >= 15 is 0 Å². The van der Waals surface area contributed by atoms with Gasteiger partial charge in [0.1, 0.15) is 16.9 Å². The van der Waals surface area contributed by atoms with Gasteiger partial charge in [-0.1, -0.05) is 55.5 Å². The van der Waals surface area contributed by atoms with Gasteiger partial charge >= 0.3 is 0 Å². The Labute approximate surface area is 204 Å². The molecule has 0 spiro atoms. The van der Waals surface area contributed by atoms with Crippen LogP contribution in [-0.4, -0.2) is 38.1 Å². The lowest BCUT2D eigenvalue weighted by molar-refractivity contribution is -0.134. The van der Waals surface area contributed by atoms with E-state index < -0.39 is 5.54 Å². The van der Waals surface area contributed by atoms with Crippen LogP contribution in [0.5, 0.6) is 0 Å². The topological polar surface area (TPSA) is 80.4 Å². The Morgan fingerprint density at radius 3 is 2.65 bits per heavy atom. The van der Waals surface area contributed by atoms with Gasteiger partial charge in [0.05, 0.1) is 12.8 Å². The summed E-state index contributed by atoms with van der Waals surface area (Å²) < 4.78 is 7.12. The fourth-order valence-corrected chi connectivity index (χ4v) is 5.19. The summed E-state index contributed by atoms with van der Waals surface area (Å²) >= 11 is 6.44. The highest BCUT2D eigenvalue weighted by atomic mass is 35.5. The molecule has 178 valence electrons. The van der Waals surface area contributed by atoms with E-state index in [-0.39, 0.29) is 30.9 Å². The molecule has 5 rings (SSSR count). The van der Waals surface area contributed by atoms with Crippen molar-refractivity contribution >= 4 is 23.4 Å². The van der Waals surface area contributed by atoms with E-state index in [9.17, 15) is 9.59 Å². The molecular weight excluding hydrogens is 452 g/mol. The first kappa shape index (κ1) is 22.7. The van der Waals surface area contributed by atoms with E-state index in [1.165, 1.54) is 12.8 Å². The van der Waals surface area contributed by atoms with E-state index in [4.69, 9.17) is 16.0 Å². The van der Waals surface area contributed by atoms with Gasteiger partial charge in [-0.15, -0.1) is 0 Å². The number of carbonyl (C=O) groups is 2. The standard InChI is InChI=1S/C26H29ClN4O3/c1-26(25(33)28-19-10-4-2-3-5-11-19)17-31-22(15-21(29-31)23-13-8-14-34-23)24(32)30(26)16-18-9-6-7-12-20(18)27/h6-9,12-15,19H,2-5,10-11,16-17H2,1H3,(H,28,33)/t26-/m1/s1. The monoisotopic (exact) mass is 480 g/mol. The Morgan fingerprint density at radius 1 is 1.18 bits per heavy atom. The molecule has 1 aliphatic carbocycles. The van der Waals surface area contributed by atoms with Gasteiger partial charge in [0.2, 0.25) is 5.91 Å². The molecule has 3 aromatic rings. The van der Waals surface area contributed by atoms with E-state index in [0.29, 0.717) is 22.2 Å². The first-order valence-corrected chi connectivity index (χ1v) is 12.3. The van der Waals surface area contributed by atoms with Gasteiger partial charge in [-0.05, 0) is 43.5 Å².